The molecule has 0 heterocycles. The van der Waals surface area contributed by atoms with Gasteiger partial charge in [-0.2, -0.15) is 0 Å². The van der Waals surface area contributed by atoms with Gasteiger partial charge in [0.15, 0.2) is 0 Å². The van der Waals surface area contributed by atoms with Crippen LogP contribution in [0.25, 0.3) is 0 Å². The summed E-state index contributed by atoms with van der Waals surface area (Å²) in [5, 5.41) is 19.9. The highest BCUT2D eigenvalue weighted by molar-refractivity contribution is 5.68. The van der Waals surface area contributed by atoms with E-state index in [1.165, 1.54) is 0 Å². The first-order chi connectivity index (χ1) is 9.11. The quantitative estimate of drug-likeness (QED) is 0.688. The number of aliphatic carboxylic acids is 1. The van der Waals surface area contributed by atoms with E-state index >= 15 is 0 Å². The average Bonchev–Trinajstić information content (AvgIpc) is 2.42. The lowest BCUT2D eigenvalue weighted by Crippen LogP contribution is -2.38. The molecule has 0 aliphatic carbocycles. The number of aliphatic hydroxyl groups is 1. The summed E-state index contributed by atoms with van der Waals surface area (Å²) in [7, 11) is 0. The van der Waals surface area contributed by atoms with Crippen molar-refractivity contribution < 1.29 is 24.5 Å². The van der Waals surface area contributed by atoms with Crippen LogP contribution in [0, 0.1) is 0 Å². The maximum absolute atomic E-state index is 11.4. The first kappa shape index (κ1) is 15.0. The lowest BCUT2D eigenvalue weighted by Gasteiger charge is -2.15. The molecule has 104 valence electrons. The number of ether oxygens (including phenoxy) is 1. The van der Waals surface area contributed by atoms with Crippen LogP contribution < -0.4 is 5.32 Å². The van der Waals surface area contributed by atoms with Gasteiger partial charge in [0.1, 0.15) is 6.61 Å². The van der Waals surface area contributed by atoms with Crippen LogP contribution in [0.2, 0.25) is 0 Å². The zero-order valence-electron chi connectivity index (χ0n) is 10.4. The van der Waals surface area contributed by atoms with Gasteiger partial charge in [0, 0.05) is 6.42 Å². The second kappa shape index (κ2) is 8.10. The number of carbonyl (C=O) groups is 2. The van der Waals surface area contributed by atoms with Crippen LogP contribution in [0.4, 0.5) is 4.79 Å². The van der Waals surface area contributed by atoms with E-state index in [0.717, 1.165) is 5.56 Å². The Hall–Kier alpha value is -2.08. The molecule has 19 heavy (non-hydrogen) atoms. The molecule has 1 atom stereocenters. The second-order valence-corrected chi connectivity index (χ2v) is 4.02. The van der Waals surface area contributed by atoms with Crippen molar-refractivity contribution in [1.29, 1.82) is 0 Å². The van der Waals surface area contributed by atoms with E-state index in [4.69, 9.17) is 14.9 Å². The molecule has 1 aromatic carbocycles. The van der Waals surface area contributed by atoms with Crippen LogP contribution in [0.3, 0.4) is 0 Å². The summed E-state index contributed by atoms with van der Waals surface area (Å²) in [6.07, 6.45) is -0.635. The highest BCUT2D eigenvalue weighted by Gasteiger charge is 2.13. The van der Waals surface area contributed by atoms with Crippen LogP contribution in [-0.2, 0) is 16.1 Å². The fraction of sp³-hybridized carbons (Fsp3) is 0.385. The Bertz CT molecular complexity index is 407. The fourth-order valence-electron chi connectivity index (χ4n) is 1.44. The third-order valence-corrected chi connectivity index (χ3v) is 2.46. The molecule has 0 saturated carbocycles. The van der Waals surface area contributed by atoms with Crippen molar-refractivity contribution in [2.24, 2.45) is 0 Å². The number of carbonyl (C=O) groups excluding carboxylic acids is 1. The minimum Gasteiger partial charge on any atom is -0.481 e. The van der Waals surface area contributed by atoms with E-state index in [0.29, 0.717) is 0 Å². The summed E-state index contributed by atoms with van der Waals surface area (Å²) >= 11 is 0. The number of hydrogen-bond donors (Lipinski definition) is 3. The van der Waals surface area contributed by atoms with Gasteiger partial charge in [-0.1, -0.05) is 30.3 Å². The van der Waals surface area contributed by atoms with E-state index in [2.05, 4.69) is 5.32 Å². The number of benzene rings is 1. The summed E-state index contributed by atoms with van der Waals surface area (Å²) < 4.78 is 4.96. The number of carboxylic acids is 1. The van der Waals surface area contributed by atoms with Crippen molar-refractivity contribution in [3.63, 3.8) is 0 Å². The molecule has 1 rings (SSSR count). The Morgan fingerprint density at radius 1 is 1.26 bits per heavy atom. The van der Waals surface area contributed by atoms with E-state index < -0.39 is 18.1 Å². The third kappa shape index (κ3) is 6.42. The average molecular weight is 267 g/mol. The van der Waals surface area contributed by atoms with Crippen LogP contribution in [-0.4, -0.2) is 34.9 Å². The van der Waals surface area contributed by atoms with Crippen LogP contribution >= 0.6 is 0 Å². The van der Waals surface area contributed by atoms with Gasteiger partial charge < -0.3 is 20.3 Å². The Morgan fingerprint density at radius 3 is 2.53 bits per heavy atom. The lowest BCUT2D eigenvalue weighted by atomic mass is 10.2. The monoisotopic (exact) mass is 267 g/mol. The summed E-state index contributed by atoms with van der Waals surface area (Å²) in [6, 6.07) is 8.55. The number of nitrogens with one attached hydrogen (secondary N) is 1. The first-order valence-electron chi connectivity index (χ1n) is 5.91. The minimum absolute atomic E-state index is 0.121. The second-order valence-electron chi connectivity index (χ2n) is 4.02. The normalized spacial score (nSPS) is 11.6. The van der Waals surface area contributed by atoms with E-state index in [9.17, 15) is 9.59 Å². The predicted molar refractivity (Wildman–Crippen MR) is 67.5 cm³/mol. The van der Waals surface area contributed by atoms with Crippen molar-refractivity contribution in [3.8, 4) is 0 Å². The summed E-state index contributed by atoms with van der Waals surface area (Å²) in [6.45, 7) is -0.197. The van der Waals surface area contributed by atoms with E-state index in [1.54, 1.807) is 0 Å². The summed E-state index contributed by atoms with van der Waals surface area (Å²) in [5.74, 6) is -0.974. The molecule has 1 amide bonds. The smallest absolute Gasteiger partial charge is 0.407 e. The maximum atomic E-state index is 11.4. The number of amides is 1. The Balaban J connectivity index is 2.30. The number of rotatable bonds is 7. The molecule has 0 radical (unpaired) electrons. The molecule has 6 nitrogen and oxygen atoms in total. The lowest BCUT2D eigenvalue weighted by molar-refractivity contribution is -0.137. The topological polar surface area (TPSA) is 95.9 Å². The van der Waals surface area contributed by atoms with Crippen molar-refractivity contribution in [2.75, 3.05) is 6.61 Å². The maximum Gasteiger partial charge on any atom is 0.407 e. The number of alkyl carbamates (subject to hydrolysis) is 1. The zero-order chi connectivity index (χ0) is 14.1. The van der Waals surface area contributed by atoms with Crippen molar-refractivity contribution in [3.05, 3.63) is 35.9 Å². The van der Waals surface area contributed by atoms with Gasteiger partial charge in [-0.25, -0.2) is 4.79 Å². The molecule has 3 N–H and O–H groups in total. The molecule has 6 heteroatoms. The fourth-order valence-corrected chi connectivity index (χ4v) is 1.44. The third-order valence-electron chi connectivity index (χ3n) is 2.46. The molecular weight excluding hydrogens is 250 g/mol. The van der Waals surface area contributed by atoms with Crippen molar-refractivity contribution in [2.45, 2.75) is 25.5 Å². The van der Waals surface area contributed by atoms with Crippen LogP contribution in [0.1, 0.15) is 18.4 Å². The summed E-state index contributed by atoms with van der Waals surface area (Å²) in [4.78, 5) is 21.8. The standard InChI is InChI=1S/C13H17NO5/c15-8-11(6-7-12(16)17)14-13(18)19-9-10-4-2-1-3-5-10/h1-5,11,15H,6-9H2,(H,14,18)(H,16,17). The molecule has 0 spiro atoms. The van der Waals surface area contributed by atoms with Crippen LogP contribution in [0.5, 0.6) is 0 Å². The molecule has 0 aliphatic heterocycles. The van der Waals surface area contributed by atoms with Gasteiger partial charge in [0.05, 0.1) is 12.6 Å². The van der Waals surface area contributed by atoms with Gasteiger partial charge >= 0.3 is 12.1 Å². The van der Waals surface area contributed by atoms with Crippen molar-refractivity contribution in [1.82, 2.24) is 5.32 Å². The predicted octanol–water partition coefficient (Wildman–Crippen LogP) is 1.14. The molecule has 0 bridgehead atoms. The van der Waals surface area contributed by atoms with Crippen LogP contribution in [0.15, 0.2) is 30.3 Å². The highest BCUT2D eigenvalue weighted by Crippen LogP contribution is 2.02. The molecular formula is C13H17NO5. The summed E-state index contributed by atoms with van der Waals surface area (Å²) in [5.41, 5.74) is 0.851. The Morgan fingerprint density at radius 2 is 1.95 bits per heavy atom. The molecule has 0 aromatic heterocycles. The van der Waals surface area contributed by atoms with E-state index in [1.807, 2.05) is 30.3 Å². The molecule has 1 aromatic rings. The molecule has 1 unspecified atom stereocenters. The molecule has 0 fully saturated rings. The van der Waals surface area contributed by atoms with E-state index in [-0.39, 0.29) is 26.1 Å². The van der Waals surface area contributed by atoms with Gasteiger partial charge in [0.25, 0.3) is 0 Å². The van der Waals surface area contributed by atoms with Gasteiger partial charge in [0.2, 0.25) is 0 Å². The van der Waals surface area contributed by atoms with Gasteiger partial charge in [-0.05, 0) is 12.0 Å². The van der Waals surface area contributed by atoms with Gasteiger partial charge in [-0.15, -0.1) is 0 Å². The molecule has 0 aliphatic rings. The Kier molecular flexibility index (Phi) is 6.38. The molecule has 0 saturated heterocycles. The number of aliphatic hydroxyl groups excluding tert-OH is 1. The first-order valence-corrected chi connectivity index (χ1v) is 5.91. The highest BCUT2D eigenvalue weighted by atomic mass is 16.5. The SMILES string of the molecule is O=C(O)CCC(CO)NC(=O)OCc1ccccc1. The van der Waals surface area contributed by atoms with Crippen molar-refractivity contribution >= 4 is 12.1 Å². The zero-order valence-corrected chi connectivity index (χ0v) is 10.4. The largest absolute Gasteiger partial charge is 0.481 e. The minimum atomic E-state index is -0.974. The van der Waals surface area contributed by atoms with Gasteiger partial charge in [-0.3, -0.25) is 4.79 Å². The number of hydrogen-bond acceptors (Lipinski definition) is 4. The Labute approximate surface area is 111 Å². The number of carboxylic acid groups (broad SMARTS) is 1.